The summed E-state index contributed by atoms with van der Waals surface area (Å²) in [6.07, 6.45) is 7.16. The van der Waals surface area contributed by atoms with Crippen LogP contribution in [0.2, 0.25) is 0 Å². The van der Waals surface area contributed by atoms with Gasteiger partial charge in [0, 0.05) is 89.8 Å². The lowest BCUT2D eigenvalue weighted by molar-refractivity contribution is 0.121. The van der Waals surface area contributed by atoms with Crippen LogP contribution in [-0.4, -0.2) is 114 Å². The number of benzene rings is 1. The first kappa shape index (κ1) is 33.0. The Hall–Kier alpha value is -0.950. The van der Waals surface area contributed by atoms with Gasteiger partial charge in [0.25, 0.3) is 0 Å². The van der Waals surface area contributed by atoms with Gasteiger partial charge in [-0.2, -0.15) is 0 Å². The van der Waals surface area contributed by atoms with E-state index in [0.29, 0.717) is 5.75 Å². The average molecular weight is 623 g/mol. The number of nitrogens with zero attached hydrogens (tertiary/aromatic N) is 4. The summed E-state index contributed by atoms with van der Waals surface area (Å²) in [4.78, 5) is 11.2. The van der Waals surface area contributed by atoms with Crippen LogP contribution >= 0.6 is 32.9 Å². The molecule has 1 aromatic carbocycles. The molecule has 1 aromatic heterocycles. The van der Waals surface area contributed by atoms with Crippen molar-refractivity contribution in [2.24, 2.45) is 0 Å². The highest BCUT2D eigenvalue weighted by Crippen LogP contribution is 2.39. The lowest BCUT2D eigenvalue weighted by Gasteiger charge is -2.36. The van der Waals surface area contributed by atoms with Crippen molar-refractivity contribution in [2.75, 3.05) is 78.7 Å². The molecule has 0 bridgehead atoms. The van der Waals surface area contributed by atoms with E-state index in [1.165, 1.54) is 16.0 Å². The number of piperazine rings is 2. The number of aromatic hydroxyl groups is 1. The number of phenolic OH excluding ortho intramolecular Hbond substituents is 1. The molecule has 2 fully saturated rings. The van der Waals surface area contributed by atoms with Crippen LogP contribution in [0.5, 0.6) is 5.75 Å². The molecule has 0 radical (unpaired) electrons. The SMILES string of the molecule is CCCCc1c(-c2cc(CN3CCN(CCCCO)CC3)c(O)c(CN3CCN(CCCCO)CC3)c2)ssc1=S. The van der Waals surface area contributed by atoms with E-state index >= 15 is 0 Å². The van der Waals surface area contributed by atoms with Crippen molar-refractivity contribution in [3.05, 3.63) is 32.6 Å². The van der Waals surface area contributed by atoms with E-state index in [-0.39, 0.29) is 13.2 Å². The monoisotopic (exact) mass is 622 g/mol. The maximum absolute atomic E-state index is 11.6. The third kappa shape index (κ3) is 9.78. The molecule has 0 amide bonds. The molecule has 0 spiro atoms. The van der Waals surface area contributed by atoms with Crippen LogP contribution in [0.15, 0.2) is 12.1 Å². The molecule has 2 aromatic rings. The van der Waals surface area contributed by atoms with Gasteiger partial charge < -0.3 is 25.1 Å². The van der Waals surface area contributed by atoms with E-state index in [1.807, 2.05) is 0 Å². The number of aliphatic hydroxyl groups excluding tert-OH is 2. The minimum atomic E-state index is 0.274. The maximum Gasteiger partial charge on any atom is 0.124 e. The number of unbranched alkanes of at least 4 members (excludes halogenated alkanes) is 3. The molecule has 0 aliphatic carbocycles. The van der Waals surface area contributed by atoms with E-state index < -0.39 is 0 Å². The molecule has 3 heterocycles. The zero-order chi connectivity index (χ0) is 29.0. The van der Waals surface area contributed by atoms with E-state index in [2.05, 4.69) is 38.7 Å². The Labute approximate surface area is 259 Å². The summed E-state index contributed by atoms with van der Waals surface area (Å²) in [5.74, 6) is 0.457. The van der Waals surface area contributed by atoms with E-state index in [4.69, 9.17) is 22.4 Å². The second-order valence-electron chi connectivity index (χ2n) is 11.6. The van der Waals surface area contributed by atoms with E-state index in [9.17, 15) is 5.11 Å². The Morgan fingerprint density at radius 1 is 0.707 bits per heavy atom. The molecule has 41 heavy (non-hydrogen) atoms. The second-order valence-corrected chi connectivity index (χ2v) is 14.4. The lowest BCUT2D eigenvalue weighted by atomic mass is 9.98. The zero-order valence-electron chi connectivity index (χ0n) is 24.9. The fourth-order valence-corrected chi connectivity index (χ4v) is 8.91. The number of rotatable bonds is 16. The topological polar surface area (TPSA) is 73.7 Å². The molecule has 7 nitrogen and oxygen atoms in total. The normalized spacial score (nSPS) is 17.9. The minimum absolute atomic E-state index is 0.274. The molecular weight excluding hydrogens is 573 g/mol. The van der Waals surface area contributed by atoms with Gasteiger partial charge in [0.2, 0.25) is 0 Å². The van der Waals surface area contributed by atoms with Crippen molar-refractivity contribution < 1.29 is 15.3 Å². The fraction of sp³-hybridized carbons (Fsp3) is 0.710. The summed E-state index contributed by atoms with van der Waals surface area (Å²) in [6.45, 7) is 14.5. The Kier molecular flexibility index (Phi) is 14.0. The Balaban J connectivity index is 1.50. The van der Waals surface area contributed by atoms with Crippen molar-refractivity contribution in [1.29, 1.82) is 0 Å². The predicted molar refractivity (Wildman–Crippen MR) is 175 cm³/mol. The highest BCUT2D eigenvalue weighted by Gasteiger charge is 2.23. The average Bonchev–Trinajstić information content (AvgIpc) is 3.35. The van der Waals surface area contributed by atoms with Crippen molar-refractivity contribution in [1.82, 2.24) is 19.6 Å². The van der Waals surface area contributed by atoms with Gasteiger partial charge in [-0.15, -0.1) is 0 Å². The number of hydrogen-bond donors (Lipinski definition) is 3. The molecule has 230 valence electrons. The first-order valence-corrected chi connectivity index (χ1v) is 18.2. The van der Waals surface area contributed by atoms with E-state index in [0.717, 1.165) is 138 Å². The molecule has 2 saturated heterocycles. The lowest BCUT2D eigenvalue weighted by Crippen LogP contribution is -2.46. The van der Waals surface area contributed by atoms with Crippen LogP contribution in [-0.2, 0) is 19.5 Å². The van der Waals surface area contributed by atoms with Gasteiger partial charge in [0.1, 0.15) is 9.57 Å². The van der Waals surface area contributed by atoms with Gasteiger partial charge in [0.05, 0.1) is 4.88 Å². The highest BCUT2D eigenvalue weighted by atomic mass is 32.9. The Morgan fingerprint density at radius 3 is 1.66 bits per heavy atom. The summed E-state index contributed by atoms with van der Waals surface area (Å²) < 4.78 is 1.02. The summed E-state index contributed by atoms with van der Waals surface area (Å²) in [6, 6.07) is 4.46. The molecule has 2 aliphatic heterocycles. The Morgan fingerprint density at radius 2 is 1.20 bits per heavy atom. The largest absolute Gasteiger partial charge is 0.507 e. The summed E-state index contributed by atoms with van der Waals surface area (Å²) in [5, 5.41) is 29.8. The molecule has 2 aliphatic rings. The third-order valence-corrected chi connectivity index (χ3v) is 11.7. The standard InChI is InChI=1S/C31H50N4O3S3/c1-2-3-8-28-30(40-41-31(28)39)25-21-26(23-34-15-11-32(12-16-34)9-4-6-19-36)29(38)27(22-25)24-35-17-13-33(14-18-35)10-5-7-20-37/h21-22,36-38H,2-20,23-24H2,1H3. The third-order valence-electron chi connectivity index (χ3n) is 8.51. The number of aliphatic hydroxyl groups is 2. The number of hydrogen-bond acceptors (Lipinski definition) is 10. The molecule has 0 saturated carbocycles. The quantitative estimate of drug-likeness (QED) is 0.137. The smallest absolute Gasteiger partial charge is 0.124 e. The van der Waals surface area contributed by atoms with Gasteiger partial charge in [-0.3, -0.25) is 9.80 Å². The van der Waals surface area contributed by atoms with Crippen LogP contribution in [0.25, 0.3) is 10.4 Å². The van der Waals surface area contributed by atoms with Gasteiger partial charge >= 0.3 is 0 Å². The van der Waals surface area contributed by atoms with Gasteiger partial charge in [0.15, 0.2) is 0 Å². The highest BCUT2D eigenvalue weighted by molar-refractivity contribution is 7.80. The van der Waals surface area contributed by atoms with Crippen LogP contribution < -0.4 is 0 Å². The zero-order valence-corrected chi connectivity index (χ0v) is 27.3. The molecule has 0 unspecified atom stereocenters. The van der Waals surface area contributed by atoms with Crippen molar-refractivity contribution in [3.8, 4) is 16.2 Å². The fourth-order valence-electron chi connectivity index (χ4n) is 5.91. The first-order valence-electron chi connectivity index (χ1n) is 15.6. The molecule has 10 heteroatoms. The van der Waals surface area contributed by atoms with Gasteiger partial charge in [-0.05, 0) is 74.9 Å². The van der Waals surface area contributed by atoms with Crippen LogP contribution in [0.3, 0.4) is 0 Å². The van der Waals surface area contributed by atoms with Crippen molar-refractivity contribution >= 4 is 32.9 Å². The van der Waals surface area contributed by atoms with Crippen molar-refractivity contribution in [2.45, 2.75) is 65.0 Å². The molecular formula is C31H50N4O3S3. The van der Waals surface area contributed by atoms with Gasteiger partial charge in [-0.25, -0.2) is 0 Å². The van der Waals surface area contributed by atoms with Crippen LogP contribution in [0.4, 0.5) is 0 Å². The summed E-state index contributed by atoms with van der Waals surface area (Å²) in [7, 11) is 3.51. The molecule has 3 N–H and O–H groups in total. The Bertz CT molecular complexity index is 1060. The second kappa shape index (κ2) is 17.4. The summed E-state index contributed by atoms with van der Waals surface area (Å²) >= 11 is 5.76. The van der Waals surface area contributed by atoms with Crippen LogP contribution in [0.1, 0.15) is 62.1 Å². The minimum Gasteiger partial charge on any atom is -0.507 e. The predicted octanol–water partition coefficient (Wildman–Crippen LogP) is 5.03. The molecule has 4 rings (SSSR count). The first-order chi connectivity index (χ1) is 20.0. The summed E-state index contributed by atoms with van der Waals surface area (Å²) in [5.41, 5.74) is 4.58. The van der Waals surface area contributed by atoms with Gasteiger partial charge in [-0.1, -0.05) is 46.2 Å². The number of phenols is 1. The van der Waals surface area contributed by atoms with Crippen LogP contribution in [0, 0.1) is 3.82 Å². The van der Waals surface area contributed by atoms with Crippen molar-refractivity contribution in [3.63, 3.8) is 0 Å². The molecule has 0 atom stereocenters. The van der Waals surface area contributed by atoms with E-state index in [1.54, 1.807) is 20.7 Å². The maximum atomic E-state index is 11.6.